The summed E-state index contributed by atoms with van der Waals surface area (Å²) in [5.74, 6) is -0.738. The molecular weight excluding hydrogens is 278 g/mol. The predicted octanol–water partition coefficient (Wildman–Crippen LogP) is -0.0316. The highest BCUT2D eigenvalue weighted by molar-refractivity contribution is 5.85. The van der Waals surface area contributed by atoms with Crippen molar-refractivity contribution in [1.82, 2.24) is 5.32 Å². The molecule has 3 rings (SSSR count). The number of rotatable bonds is 4. The molecule has 3 saturated heterocycles. The number of amides is 1. The molecule has 0 saturated carbocycles. The second kappa shape index (κ2) is 5.17. The van der Waals surface area contributed by atoms with Crippen LogP contribution in [0.25, 0.3) is 0 Å². The zero-order valence-electron chi connectivity index (χ0n) is 12.7. The van der Waals surface area contributed by atoms with Gasteiger partial charge in [-0.2, -0.15) is 0 Å². The van der Waals surface area contributed by atoms with Crippen LogP contribution in [0.4, 0.5) is 0 Å². The predicted molar refractivity (Wildman–Crippen MR) is 70.9 cm³/mol. The van der Waals surface area contributed by atoms with E-state index in [2.05, 4.69) is 5.32 Å². The van der Waals surface area contributed by atoms with Gasteiger partial charge >= 0.3 is 0 Å². The highest BCUT2D eigenvalue weighted by atomic mass is 16.8. The van der Waals surface area contributed by atoms with Gasteiger partial charge in [0.1, 0.15) is 24.5 Å². The molecule has 3 aliphatic rings. The van der Waals surface area contributed by atoms with Crippen molar-refractivity contribution < 1.29 is 28.8 Å². The summed E-state index contributed by atoms with van der Waals surface area (Å²) < 4.78 is 23.1. The van der Waals surface area contributed by atoms with Crippen molar-refractivity contribution in [1.29, 1.82) is 0 Å². The molecule has 120 valence electrons. The standard InChI is InChI=1S/C14H23NO6/c1-6(2)8-11(17)15-12(8)19-9-7(5-16)18-13-10(9)20-14(3,4)21-13/h6-10,12-13,16H,5H2,1-4H3,(H,15,17)/t7-,8-,9+,10-,12+,13-/m1/s1. The summed E-state index contributed by atoms with van der Waals surface area (Å²) in [5, 5.41) is 12.2. The summed E-state index contributed by atoms with van der Waals surface area (Å²) in [7, 11) is 0. The average molecular weight is 301 g/mol. The number of aliphatic hydroxyl groups is 1. The fourth-order valence-electron chi connectivity index (χ4n) is 3.17. The number of ether oxygens (including phenoxy) is 4. The molecule has 21 heavy (non-hydrogen) atoms. The van der Waals surface area contributed by atoms with Crippen LogP contribution in [0.3, 0.4) is 0 Å². The highest BCUT2D eigenvalue weighted by Crippen LogP contribution is 2.40. The van der Waals surface area contributed by atoms with Crippen LogP contribution in [0.5, 0.6) is 0 Å². The number of hydrogen-bond donors (Lipinski definition) is 2. The van der Waals surface area contributed by atoms with E-state index in [0.29, 0.717) is 0 Å². The lowest BCUT2D eigenvalue weighted by Gasteiger charge is -2.41. The van der Waals surface area contributed by atoms with Gasteiger partial charge in [-0.3, -0.25) is 4.79 Å². The Balaban J connectivity index is 1.69. The van der Waals surface area contributed by atoms with Gasteiger partial charge < -0.3 is 29.4 Å². The monoisotopic (exact) mass is 301 g/mol. The molecule has 0 bridgehead atoms. The minimum Gasteiger partial charge on any atom is -0.394 e. The van der Waals surface area contributed by atoms with E-state index in [9.17, 15) is 9.90 Å². The molecule has 0 aliphatic carbocycles. The summed E-state index contributed by atoms with van der Waals surface area (Å²) in [4.78, 5) is 11.6. The third-order valence-corrected chi connectivity index (χ3v) is 4.20. The zero-order chi connectivity index (χ0) is 15.4. The molecule has 6 atom stereocenters. The van der Waals surface area contributed by atoms with E-state index in [0.717, 1.165) is 0 Å². The molecule has 7 heteroatoms. The van der Waals surface area contributed by atoms with Gasteiger partial charge in [-0.25, -0.2) is 0 Å². The molecule has 0 aromatic carbocycles. The largest absolute Gasteiger partial charge is 0.394 e. The summed E-state index contributed by atoms with van der Waals surface area (Å²) in [6, 6.07) is 0. The molecule has 0 aromatic heterocycles. The van der Waals surface area contributed by atoms with Gasteiger partial charge in [0.2, 0.25) is 5.91 Å². The first-order valence-corrected chi connectivity index (χ1v) is 7.40. The summed E-state index contributed by atoms with van der Waals surface area (Å²) in [6.45, 7) is 7.40. The van der Waals surface area contributed by atoms with Gasteiger partial charge in [0.15, 0.2) is 12.1 Å². The molecule has 7 nitrogen and oxygen atoms in total. The molecule has 0 unspecified atom stereocenters. The number of β-lactam (4-membered cyclic amide) rings is 1. The fraction of sp³-hybridized carbons (Fsp3) is 0.929. The van der Waals surface area contributed by atoms with Crippen LogP contribution >= 0.6 is 0 Å². The summed E-state index contributed by atoms with van der Waals surface area (Å²) >= 11 is 0. The number of hydrogen-bond acceptors (Lipinski definition) is 6. The Kier molecular flexibility index (Phi) is 3.74. The molecule has 0 aromatic rings. The Morgan fingerprint density at radius 3 is 2.67 bits per heavy atom. The van der Waals surface area contributed by atoms with Gasteiger partial charge in [-0.1, -0.05) is 13.8 Å². The van der Waals surface area contributed by atoms with Crippen LogP contribution in [-0.4, -0.2) is 54.2 Å². The summed E-state index contributed by atoms with van der Waals surface area (Å²) in [6.07, 6.45) is -2.29. The van der Waals surface area contributed by atoms with Crippen molar-refractivity contribution in [2.45, 2.75) is 64.3 Å². The Labute approximate surface area is 123 Å². The lowest BCUT2D eigenvalue weighted by atomic mass is 9.87. The molecule has 3 heterocycles. The Morgan fingerprint density at radius 1 is 1.38 bits per heavy atom. The van der Waals surface area contributed by atoms with Crippen molar-refractivity contribution in [2.24, 2.45) is 11.8 Å². The third kappa shape index (κ3) is 2.57. The van der Waals surface area contributed by atoms with E-state index < -0.39 is 30.4 Å². The van der Waals surface area contributed by atoms with Crippen LogP contribution in [-0.2, 0) is 23.7 Å². The van der Waals surface area contributed by atoms with E-state index in [1.165, 1.54) is 0 Å². The SMILES string of the molecule is CC(C)[C@@H]1C(=O)N[C@H]1O[C@@H]1[C@H]2OC(C)(C)O[C@H]2O[C@@H]1CO. The first-order chi connectivity index (χ1) is 9.82. The number of carbonyl (C=O) groups excluding carboxylic acids is 1. The van der Waals surface area contributed by atoms with Crippen LogP contribution in [0.15, 0.2) is 0 Å². The van der Waals surface area contributed by atoms with Gasteiger partial charge in [-0.15, -0.1) is 0 Å². The van der Waals surface area contributed by atoms with Crippen LogP contribution in [0.2, 0.25) is 0 Å². The zero-order valence-corrected chi connectivity index (χ0v) is 12.7. The molecular formula is C14H23NO6. The second-order valence-electron chi connectivity index (χ2n) is 6.63. The third-order valence-electron chi connectivity index (χ3n) is 4.20. The van der Waals surface area contributed by atoms with Gasteiger partial charge in [-0.05, 0) is 19.8 Å². The number of aliphatic hydroxyl groups excluding tert-OH is 1. The van der Waals surface area contributed by atoms with E-state index >= 15 is 0 Å². The highest BCUT2D eigenvalue weighted by Gasteiger charge is 2.57. The molecule has 3 fully saturated rings. The van der Waals surface area contributed by atoms with Gasteiger partial charge in [0.25, 0.3) is 0 Å². The number of carbonyl (C=O) groups is 1. The maximum absolute atomic E-state index is 11.6. The van der Waals surface area contributed by atoms with Crippen LogP contribution in [0, 0.1) is 11.8 Å². The van der Waals surface area contributed by atoms with Crippen molar-refractivity contribution >= 4 is 5.91 Å². The first kappa shape index (κ1) is 15.2. The molecule has 3 aliphatic heterocycles. The second-order valence-corrected chi connectivity index (χ2v) is 6.63. The lowest BCUT2D eigenvalue weighted by Crippen LogP contribution is -2.63. The first-order valence-electron chi connectivity index (χ1n) is 7.40. The molecule has 0 radical (unpaired) electrons. The van der Waals surface area contributed by atoms with Crippen molar-refractivity contribution in [3.05, 3.63) is 0 Å². The van der Waals surface area contributed by atoms with Crippen molar-refractivity contribution in [3.8, 4) is 0 Å². The maximum atomic E-state index is 11.6. The van der Waals surface area contributed by atoms with Crippen molar-refractivity contribution in [3.63, 3.8) is 0 Å². The number of fused-ring (bicyclic) bond motifs is 1. The van der Waals surface area contributed by atoms with Crippen LogP contribution in [0.1, 0.15) is 27.7 Å². The quantitative estimate of drug-likeness (QED) is 0.709. The minimum atomic E-state index is -0.738. The van der Waals surface area contributed by atoms with Crippen LogP contribution < -0.4 is 5.32 Å². The molecule has 0 spiro atoms. The topological polar surface area (TPSA) is 86.3 Å². The molecule has 2 N–H and O–H groups in total. The fourth-order valence-corrected chi connectivity index (χ4v) is 3.17. The van der Waals surface area contributed by atoms with E-state index in [-0.39, 0.29) is 30.6 Å². The van der Waals surface area contributed by atoms with Gasteiger partial charge in [0, 0.05) is 0 Å². The Morgan fingerprint density at radius 2 is 2.10 bits per heavy atom. The minimum absolute atomic E-state index is 0.00469. The normalized spacial score (nSPS) is 44.6. The average Bonchev–Trinajstić information content (AvgIpc) is 2.80. The number of nitrogens with one attached hydrogen (secondary N) is 1. The van der Waals surface area contributed by atoms with E-state index in [4.69, 9.17) is 18.9 Å². The lowest BCUT2D eigenvalue weighted by molar-refractivity contribution is -0.233. The van der Waals surface area contributed by atoms with E-state index in [1.807, 2.05) is 27.7 Å². The summed E-state index contributed by atoms with van der Waals surface area (Å²) in [5.41, 5.74) is 0. The van der Waals surface area contributed by atoms with Gasteiger partial charge in [0.05, 0.1) is 12.5 Å². The Hall–Kier alpha value is -0.730. The smallest absolute Gasteiger partial charge is 0.229 e. The Bertz CT molecular complexity index is 426. The maximum Gasteiger partial charge on any atom is 0.229 e. The molecule has 1 amide bonds. The van der Waals surface area contributed by atoms with E-state index in [1.54, 1.807) is 0 Å². The van der Waals surface area contributed by atoms with Crippen molar-refractivity contribution in [2.75, 3.05) is 6.61 Å².